The maximum absolute atomic E-state index is 13.3. The van der Waals surface area contributed by atoms with Crippen molar-refractivity contribution in [3.8, 4) is 0 Å². The van der Waals surface area contributed by atoms with E-state index in [1.165, 1.54) is 15.9 Å². The molecule has 0 radical (unpaired) electrons. The Labute approximate surface area is 172 Å². The summed E-state index contributed by atoms with van der Waals surface area (Å²) in [5.41, 5.74) is 2.72. The molecule has 2 aromatic carbocycles. The van der Waals surface area contributed by atoms with E-state index >= 15 is 0 Å². The van der Waals surface area contributed by atoms with Crippen molar-refractivity contribution >= 4 is 15.9 Å². The molecular weight excluding hydrogens is 388 g/mol. The van der Waals surface area contributed by atoms with Gasteiger partial charge >= 0.3 is 0 Å². The van der Waals surface area contributed by atoms with Gasteiger partial charge in [0.1, 0.15) is 0 Å². The highest BCUT2D eigenvalue weighted by atomic mass is 32.2. The minimum absolute atomic E-state index is 0.0295. The smallest absolute Gasteiger partial charge is 0.254 e. The lowest BCUT2D eigenvalue weighted by atomic mass is 10.0. The number of amides is 1. The van der Waals surface area contributed by atoms with Gasteiger partial charge in [-0.25, -0.2) is 8.42 Å². The van der Waals surface area contributed by atoms with Gasteiger partial charge in [-0.05, 0) is 43.5 Å². The number of benzene rings is 2. The van der Waals surface area contributed by atoms with Gasteiger partial charge in [-0.1, -0.05) is 35.9 Å². The Balaban J connectivity index is 1.60. The molecule has 2 fully saturated rings. The lowest BCUT2D eigenvalue weighted by molar-refractivity contribution is 0.0727. The molecule has 1 amide bonds. The maximum atomic E-state index is 13.3. The Morgan fingerprint density at radius 3 is 2.55 bits per heavy atom. The molecule has 2 aromatic rings. The van der Waals surface area contributed by atoms with E-state index < -0.39 is 10.0 Å². The van der Waals surface area contributed by atoms with Crippen molar-refractivity contribution in [1.82, 2.24) is 9.21 Å². The lowest BCUT2D eigenvalue weighted by Crippen LogP contribution is -2.40. The Bertz CT molecular complexity index is 999. The largest absolute Gasteiger partial charge is 0.379 e. The number of morpholine rings is 1. The van der Waals surface area contributed by atoms with E-state index in [4.69, 9.17) is 4.74 Å². The van der Waals surface area contributed by atoms with E-state index in [0.29, 0.717) is 38.4 Å². The van der Waals surface area contributed by atoms with Gasteiger partial charge in [0.25, 0.3) is 5.91 Å². The summed E-state index contributed by atoms with van der Waals surface area (Å²) < 4.78 is 32.6. The first kappa shape index (κ1) is 20.1. The number of ether oxygens (including phenoxy) is 1. The van der Waals surface area contributed by atoms with Crippen LogP contribution in [0, 0.1) is 6.92 Å². The van der Waals surface area contributed by atoms with Gasteiger partial charge in [0.15, 0.2) is 0 Å². The van der Waals surface area contributed by atoms with E-state index in [1.807, 2.05) is 24.0 Å². The number of aryl methyl sites for hydroxylation is 1. The molecule has 0 aliphatic carbocycles. The van der Waals surface area contributed by atoms with Crippen LogP contribution in [0.25, 0.3) is 0 Å². The fourth-order valence-corrected chi connectivity index (χ4v) is 5.58. The SMILES string of the molecule is Cc1cccc(C2CCCN2C(=O)c2cccc(S(=O)(=O)N3CCOCC3)c2)c1. The molecule has 0 bridgehead atoms. The highest BCUT2D eigenvalue weighted by Crippen LogP contribution is 2.33. The number of nitrogens with zero attached hydrogens (tertiary/aromatic N) is 2. The van der Waals surface area contributed by atoms with Crippen LogP contribution < -0.4 is 0 Å². The third kappa shape index (κ3) is 4.08. The number of carbonyl (C=O) groups is 1. The number of rotatable bonds is 4. The molecule has 0 N–H and O–H groups in total. The van der Waals surface area contributed by atoms with Crippen molar-refractivity contribution in [1.29, 1.82) is 0 Å². The molecule has 1 unspecified atom stereocenters. The van der Waals surface area contributed by atoms with E-state index in [0.717, 1.165) is 18.4 Å². The first-order valence-electron chi connectivity index (χ1n) is 10.0. The van der Waals surface area contributed by atoms with Gasteiger partial charge in [0.05, 0.1) is 24.2 Å². The number of hydrogen-bond donors (Lipinski definition) is 0. The van der Waals surface area contributed by atoms with Crippen molar-refractivity contribution in [3.63, 3.8) is 0 Å². The normalized spacial score (nSPS) is 20.7. The average molecular weight is 415 g/mol. The number of hydrogen-bond acceptors (Lipinski definition) is 4. The molecule has 7 heteroatoms. The van der Waals surface area contributed by atoms with Crippen LogP contribution in [-0.4, -0.2) is 56.4 Å². The van der Waals surface area contributed by atoms with Crippen LogP contribution in [0.3, 0.4) is 0 Å². The molecule has 29 heavy (non-hydrogen) atoms. The van der Waals surface area contributed by atoms with Gasteiger partial charge in [-0.15, -0.1) is 0 Å². The second kappa shape index (κ2) is 8.26. The molecule has 1 atom stereocenters. The van der Waals surface area contributed by atoms with Gasteiger partial charge < -0.3 is 9.64 Å². The second-order valence-electron chi connectivity index (χ2n) is 7.62. The average Bonchev–Trinajstić information content (AvgIpc) is 3.24. The Hall–Kier alpha value is -2.22. The zero-order chi connectivity index (χ0) is 20.4. The molecular formula is C22H26N2O4S. The topological polar surface area (TPSA) is 66.9 Å². The van der Waals surface area contributed by atoms with Crippen LogP contribution in [0.15, 0.2) is 53.4 Å². The Morgan fingerprint density at radius 1 is 1.03 bits per heavy atom. The minimum Gasteiger partial charge on any atom is -0.379 e. The van der Waals surface area contributed by atoms with Gasteiger partial charge in [-0.2, -0.15) is 4.31 Å². The molecule has 0 spiro atoms. The van der Waals surface area contributed by atoms with E-state index in [9.17, 15) is 13.2 Å². The van der Waals surface area contributed by atoms with Crippen molar-refractivity contribution in [2.45, 2.75) is 30.7 Å². The Kier molecular flexibility index (Phi) is 5.72. The molecule has 2 aliphatic heterocycles. The van der Waals surface area contributed by atoms with Gasteiger partial charge in [-0.3, -0.25) is 4.79 Å². The summed E-state index contributed by atoms with van der Waals surface area (Å²) >= 11 is 0. The maximum Gasteiger partial charge on any atom is 0.254 e. The number of carbonyl (C=O) groups excluding carboxylic acids is 1. The minimum atomic E-state index is -3.63. The summed E-state index contributed by atoms with van der Waals surface area (Å²) in [7, 11) is -3.63. The summed E-state index contributed by atoms with van der Waals surface area (Å²) in [5, 5.41) is 0. The van der Waals surface area contributed by atoms with Gasteiger partial charge in [0.2, 0.25) is 10.0 Å². The molecule has 0 aromatic heterocycles. The highest BCUT2D eigenvalue weighted by molar-refractivity contribution is 7.89. The van der Waals surface area contributed by atoms with E-state index in [2.05, 4.69) is 12.1 Å². The monoisotopic (exact) mass is 414 g/mol. The first-order valence-corrected chi connectivity index (χ1v) is 11.5. The summed E-state index contributed by atoms with van der Waals surface area (Å²) in [4.78, 5) is 15.3. The molecule has 2 saturated heterocycles. The Morgan fingerprint density at radius 2 is 1.79 bits per heavy atom. The summed E-state index contributed by atoms with van der Waals surface area (Å²) in [6, 6.07) is 14.7. The van der Waals surface area contributed by atoms with Crippen molar-refractivity contribution < 1.29 is 17.9 Å². The predicted molar refractivity (Wildman–Crippen MR) is 110 cm³/mol. The number of sulfonamides is 1. The number of likely N-dealkylation sites (tertiary alicyclic amines) is 1. The first-order chi connectivity index (χ1) is 14.0. The second-order valence-corrected chi connectivity index (χ2v) is 9.55. The van der Waals surface area contributed by atoms with Crippen LogP contribution in [0.5, 0.6) is 0 Å². The third-order valence-corrected chi connectivity index (χ3v) is 7.52. The molecule has 4 rings (SSSR count). The van der Waals surface area contributed by atoms with Crippen molar-refractivity contribution in [2.75, 3.05) is 32.8 Å². The third-order valence-electron chi connectivity index (χ3n) is 5.63. The lowest BCUT2D eigenvalue weighted by Gasteiger charge is -2.27. The van der Waals surface area contributed by atoms with Crippen molar-refractivity contribution in [3.05, 3.63) is 65.2 Å². The van der Waals surface area contributed by atoms with Crippen LogP contribution in [-0.2, 0) is 14.8 Å². The standard InChI is InChI=1S/C22H26N2O4S/c1-17-5-2-6-18(15-17)21-9-4-10-24(21)22(25)19-7-3-8-20(16-19)29(26,27)23-11-13-28-14-12-23/h2-3,5-8,15-16,21H,4,9-14H2,1H3. The molecule has 6 nitrogen and oxygen atoms in total. The van der Waals surface area contributed by atoms with E-state index in [1.54, 1.807) is 18.2 Å². The van der Waals surface area contributed by atoms with Crippen LogP contribution >= 0.6 is 0 Å². The molecule has 0 saturated carbocycles. The van der Waals surface area contributed by atoms with Crippen LogP contribution in [0.4, 0.5) is 0 Å². The summed E-state index contributed by atoms with van der Waals surface area (Å²) in [5.74, 6) is -0.118. The highest BCUT2D eigenvalue weighted by Gasteiger charge is 2.32. The quantitative estimate of drug-likeness (QED) is 0.771. The van der Waals surface area contributed by atoms with Crippen LogP contribution in [0.1, 0.15) is 40.4 Å². The van der Waals surface area contributed by atoms with Crippen LogP contribution in [0.2, 0.25) is 0 Å². The molecule has 2 aliphatic rings. The van der Waals surface area contributed by atoms with E-state index in [-0.39, 0.29) is 16.8 Å². The summed E-state index contributed by atoms with van der Waals surface area (Å²) in [6.07, 6.45) is 1.86. The zero-order valence-electron chi connectivity index (χ0n) is 16.6. The van der Waals surface area contributed by atoms with Crippen molar-refractivity contribution in [2.24, 2.45) is 0 Å². The fourth-order valence-electron chi connectivity index (χ4n) is 4.13. The fraction of sp³-hybridized carbons (Fsp3) is 0.409. The van der Waals surface area contributed by atoms with Gasteiger partial charge in [0, 0.05) is 25.2 Å². The predicted octanol–water partition coefficient (Wildman–Crippen LogP) is 2.99. The molecule has 154 valence electrons. The zero-order valence-corrected chi connectivity index (χ0v) is 17.4. The summed E-state index contributed by atoms with van der Waals surface area (Å²) in [6.45, 7) is 4.18. The molecule has 2 heterocycles.